The summed E-state index contributed by atoms with van der Waals surface area (Å²) in [4.78, 5) is 18.7. The number of aromatic nitrogens is 3. The number of nitriles is 1. The Hall–Kier alpha value is -3.34. The van der Waals surface area contributed by atoms with Gasteiger partial charge in [-0.25, -0.2) is 14.7 Å². The van der Waals surface area contributed by atoms with Gasteiger partial charge in [-0.1, -0.05) is 5.16 Å². The van der Waals surface area contributed by atoms with E-state index in [0.29, 0.717) is 23.9 Å². The molecule has 1 aromatic carbocycles. The van der Waals surface area contributed by atoms with Crippen LogP contribution in [-0.2, 0) is 11.3 Å². The van der Waals surface area contributed by atoms with E-state index in [2.05, 4.69) is 20.8 Å². The molecule has 8 nitrogen and oxygen atoms in total. The van der Waals surface area contributed by atoms with Gasteiger partial charge in [0.05, 0.1) is 41.2 Å². The van der Waals surface area contributed by atoms with Crippen LogP contribution in [0.15, 0.2) is 29.0 Å². The quantitative estimate of drug-likeness (QED) is 0.651. The maximum atomic E-state index is 12.6. The van der Waals surface area contributed by atoms with Gasteiger partial charge in [-0.15, -0.1) is 0 Å². The smallest absolute Gasteiger partial charge is 0.417 e. The Morgan fingerprint density at radius 2 is 2.23 bits per heavy atom. The van der Waals surface area contributed by atoms with E-state index in [9.17, 15) is 10.1 Å². The number of carbonyl (C=O) groups excluding carboxylic acids is 1. The van der Waals surface area contributed by atoms with Gasteiger partial charge in [0, 0.05) is 12.1 Å². The fourth-order valence-corrected chi connectivity index (χ4v) is 4.82. The van der Waals surface area contributed by atoms with Crippen molar-refractivity contribution in [3.63, 3.8) is 0 Å². The SMILES string of the molecule is Cc1noc(N2CC3(CCC[C@H](Cn4cnc5ccc(C#N)cc54)C3)OC2=O)c1C. The lowest BCUT2D eigenvalue weighted by molar-refractivity contribution is 0.00438. The van der Waals surface area contributed by atoms with Gasteiger partial charge >= 0.3 is 6.09 Å². The Bertz CT molecular complexity index is 1170. The number of nitrogens with zero attached hydrogens (tertiary/aromatic N) is 5. The van der Waals surface area contributed by atoms with Crippen molar-refractivity contribution in [2.24, 2.45) is 5.92 Å². The Morgan fingerprint density at radius 3 is 3.00 bits per heavy atom. The highest BCUT2D eigenvalue weighted by atomic mass is 16.6. The van der Waals surface area contributed by atoms with Crippen molar-refractivity contribution < 1.29 is 14.1 Å². The second-order valence-electron chi connectivity index (χ2n) is 8.51. The summed E-state index contributed by atoms with van der Waals surface area (Å²) in [7, 11) is 0. The summed E-state index contributed by atoms with van der Waals surface area (Å²) in [5, 5.41) is 13.2. The molecule has 0 radical (unpaired) electrons. The largest absolute Gasteiger partial charge is 0.441 e. The lowest BCUT2D eigenvalue weighted by Gasteiger charge is -2.36. The fourth-order valence-electron chi connectivity index (χ4n) is 4.82. The highest BCUT2D eigenvalue weighted by molar-refractivity contribution is 5.89. The van der Waals surface area contributed by atoms with Crippen molar-refractivity contribution in [3.8, 4) is 6.07 Å². The summed E-state index contributed by atoms with van der Waals surface area (Å²) >= 11 is 0. The molecule has 1 saturated carbocycles. The van der Waals surface area contributed by atoms with Crippen molar-refractivity contribution >= 4 is 23.0 Å². The first-order chi connectivity index (χ1) is 14.5. The van der Waals surface area contributed by atoms with Gasteiger partial charge in [0.25, 0.3) is 0 Å². The van der Waals surface area contributed by atoms with Crippen LogP contribution in [0.5, 0.6) is 0 Å². The average molecular weight is 405 g/mol. The van der Waals surface area contributed by atoms with Gasteiger partial charge in [-0.05, 0) is 63.6 Å². The van der Waals surface area contributed by atoms with Gasteiger partial charge in [0.15, 0.2) is 0 Å². The van der Waals surface area contributed by atoms with E-state index in [1.54, 1.807) is 11.0 Å². The number of rotatable bonds is 3. The molecule has 2 aromatic heterocycles. The summed E-state index contributed by atoms with van der Waals surface area (Å²) in [6.45, 7) is 5.04. The molecule has 3 aromatic rings. The lowest BCUT2D eigenvalue weighted by atomic mass is 9.78. The molecule has 0 bridgehead atoms. The topological polar surface area (TPSA) is 97.2 Å². The summed E-state index contributed by atoms with van der Waals surface area (Å²) in [6, 6.07) is 7.74. The standard InChI is InChI=1S/C22H23N5O3/c1-14-15(2)25-30-20(14)27-12-22(29-21(27)28)7-3-4-17(9-22)11-26-13-24-18-6-5-16(10-23)8-19(18)26/h5-6,8,13,17H,3-4,7,9,11-12H2,1-2H3/t17-,22?/m0/s1. The number of ether oxygens (including phenoxy) is 1. The molecule has 1 saturated heterocycles. The third-order valence-electron chi connectivity index (χ3n) is 6.46. The molecular weight excluding hydrogens is 382 g/mol. The van der Waals surface area contributed by atoms with Crippen molar-refractivity contribution in [1.82, 2.24) is 14.7 Å². The lowest BCUT2D eigenvalue weighted by Crippen LogP contribution is -2.40. The van der Waals surface area contributed by atoms with E-state index in [4.69, 9.17) is 9.26 Å². The van der Waals surface area contributed by atoms with Crippen LogP contribution < -0.4 is 4.90 Å². The highest BCUT2D eigenvalue weighted by Gasteiger charge is 2.49. The minimum absolute atomic E-state index is 0.354. The highest BCUT2D eigenvalue weighted by Crippen LogP contribution is 2.42. The molecule has 0 N–H and O–H groups in total. The van der Waals surface area contributed by atoms with E-state index < -0.39 is 5.60 Å². The zero-order valence-electron chi connectivity index (χ0n) is 17.1. The molecule has 3 heterocycles. The first-order valence-electron chi connectivity index (χ1n) is 10.3. The number of benzene rings is 1. The minimum Gasteiger partial charge on any atom is -0.441 e. The van der Waals surface area contributed by atoms with Crippen LogP contribution in [-0.4, -0.2) is 32.9 Å². The summed E-state index contributed by atoms with van der Waals surface area (Å²) < 4.78 is 13.4. The normalized spacial score (nSPS) is 23.8. The molecule has 154 valence electrons. The fraction of sp³-hybridized carbons (Fsp3) is 0.455. The van der Waals surface area contributed by atoms with E-state index >= 15 is 0 Å². The molecule has 1 spiro atoms. The molecule has 1 aliphatic carbocycles. The number of imidazole rings is 1. The van der Waals surface area contributed by atoms with Gasteiger partial charge in [0.1, 0.15) is 5.60 Å². The number of anilines is 1. The molecule has 5 rings (SSSR count). The molecule has 2 atom stereocenters. The molecule has 1 unspecified atom stereocenters. The maximum Gasteiger partial charge on any atom is 0.417 e. The third-order valence-corrected chi connectivity index (χ3v) is 6.46. The molecule has 1 amide bonds. The van der Waals surface area contributed by atoms with E-state index in [-0.39, 0.29) is 6.09 Å². The Kier molecular flexibility index (Phi) is 4.28. The van der Waals surface area contributed by atoms with Crippen LogP contribution in [0, 0.1) is 31.1 Å². The van der Waals surface area contributed by atoms with E-state index in [1.165, 1.54) is 0 Å². The first-order valence-corrected chi connectivity index (χ1v) is 10.3. The van der Waals surface area contributed by atoms with Gasteiger partial charge in [0.2, 0.25) is 5.88 Å². The third kappa shape index (κ3) is 3.02. The number of carbonyl (C=O) groups is 1. The van der Waals surface area contributed by atoms with Crippen LogP contribution in [0.4, 0.5) is 10.7 Å². The van der Waals surface area contributed by atoms with Crippen molar-refractivity contribution in [3.05, 3.63) is 41.3 Å². The molecule has 30 heavy (non-hydrogen) atoms. The maximum absolute atomic E-state index is 12.6. The molecule has 1 aliphatic heterocycles. The number of hydrogen-bond donors (Lipinski definition) is 0. The molecule has 2 fully saturated rings. The van der Waals surface area contributed by atoms with E-state index in [1.807, 2.05) is 32.3 Å². The van der Waals surface area contributed by atoms with Crippen molar-refractivity contribution in [2.75, 3.05) is 11.4 Å². The Labute approximate surface area is 174 Å². The summed E-state index contributed by atoms with van der Waals surface area (Å²) in [5.74, 6) is 0.841. The Morgan fingerprint density at radius 1 is 1.37 bits per heavy atom. The van der Waals surface area contributed by atoms with Gasteiger partial charge in [-0.3, -0.25) is 0 Å². The van der Waals surface area contributed by atoms with Crippen LogP contribution in [0.1, 0.15) is 42.5 Å². The van der Waals surface area contributed by atoms with Crippen LogP contribution in [0.25, 0.3) is 11.0 Å². The number of amides is 1. The molecular formula is C22H23N5O3. The monoisotopic (exact) mass is 405 g/mol. The predicted octanol–water partition coefficient (Wildman–Crippen LogP) is 4.10. The summed E-state index contributed by atoms with van der Waals surface area (Å²) in [6.07, 6.45) is 5.18. The number of fused-ring (bicyclic) bond motifs is 1. The van der Waals surface area contributed by atoms with Crippen LogP contribution in [0.2, 0.25) is 0 Å². The zero-order valence-corrected chi connectivity index (χ0v) is 17.1. The summed E-state index contributed by atoms with van der Waals surface area (Å²) in [5.41, 5.74) is 3.63. The van der Waals surface area contributed by atoms with Crippen molar-refractivity contribution in [1.29, 1.82) is 5.26 Å². The first kappa shape index (κ1) is 18.7. The predicted molar refractivity (Wildman–Crippen MR) is 109 cm³/mol. The minimum atomic E-state index is -0.499. The van der Waals surface area contributed by atoms with Crippen LogP contribution >= 0.6 is 0 Å². The zero-order chi connectivity index (χ0) is 20.9. The van der Waals surface area contributed by atoms with Crippen LogP contribution in [0.3, 0.4) is 0 Å². The van der Waals surface area contributed by atoms with Gasteiger partial charge < -0.3 is 13.8 Å². The Balaban J connectivity index is 1.36. The number of aryl methyl sites for hydroxylation is 1. The average Bonchev–Trinajstić information content (AvgIpc) is 3.38. The van der Waals surface area contributed by atoms with Gasteiger partial charge in [-0.2, -0.15) is 5.26 Å². The second-order valence-corrected chi connectivity index (χ2v) is 8.51. The van der Waals surface area contributed by atoms with Crippen molar-refractivity contribution in [2.45, 2.75) is 51.7 Å². The number of hydrogen-bond acceptors (Lipinski definition) is 6. The molecule has 2 aliphatic rings. The second kappa shape index (κ2) is 6.87. The van der Waals surface area contributed by atoms with E-state index in [0.717, 1.165) is 54.5 Å². The molecule has 8 heteroatoms.